The Kier molecular flexibility index (Phi) is 4.90. The maximum atomic E-state index is 10.3. The van der Waals surface area contributed by atoms with Gasteiger partial charge >= 0.3 is 0 Å². The summed E-state index contributed by atoms with van der Waals surface area (Å²) in [6.45, 7) is 5.08. The first-order valence-electron chi connectivity index (χ1n) is 9.69. The van der Waals surface area contributed by atoms with Gasteiger partial charge in [-0.2, -0.15) is 0 Å². The van der Waals surface area contributed by atoms with Crippen LogP contribution >= 0.6 is 0 Å². The van der Waals surface area contributed by atoms with Crippen LogP contribution in [0.3, 0.4) is 0 Å². The fraction of sp³-hybridized carbons (Fsp3) is 0.571. The molecule has 2 aliphatic rings. The molecule has 5 heteroatoms. The van der Waals surface area contributed by atoms with Gasteiger partial charge in [0.25, 0.3) is 0 Å². The van der Waals surface area contributed by atoms with Gasteiger partial charge in [-0.05, 0) is 50.6 Å². The summed E-state index contributed by atoms with van der Waals surface area (Å²) in [7, 11) is 1.61. The van der Waals surface area contributed by atoms with E-state index in [1.807, 2.05) is 12.1 Å². The smallest absolute Gasteiger partial charge is 0.144 e. The van der Waals surface area contributed by atoms with Gasteiger partial charge in [0.1, 0.15) is 17.3 Å². The first kappa shape index (κ1) is 17.4. The molecule has 0 spiro atoms. The number of phenolic OH excluding ortho intramolecular Hbond substituents is 1. The first-order valence-corrected chi connectivity index (χ1v) is 9.69. The first-order chi connectivity index (χ1) is 12.6. The van der Waals surface area contributed by atoms with Crippen molar-refractivity contribution in [3.8, 4) is 11.5 Å². The fourth-order valence-electron chi connectivity index (χ4n) is 4.38. The predicted molar refractivity (Wildman–Crippen MR) is 99.6 cm³/mol. The topological polar surface area (TPSA) is 58.7 Å². The van der Waals surface area contributed by atoms with E-state index in [0.29, 0.717) is 17.4 Å². The standard InChI is InChI=1S/C21H28N2O3/c1-14-5-8-19-18(10-14)21(26-22-19)16-4-3-9-23(13-16)12-15-6-7-17(25-2)11-20(15)24/h6-7,11,14,16,24H,3-5,8-10,12-13H2,1-2H3/t14-,16+/m0/s1. The van der Waals surface area contributed by atoms with Crippen LogP contribution in [0.4, 0.5) is 0 Å². The molecule has 1 aliphatic carbocycles. The Labute approximate surface area is 154 Å². The van der Waals surface area contributed by atoms with Crippen molar-refractivity contribution in [2.75, 3.05) is 20.2 Å². The van der Waals surface area contributed by atoms with Crippen LogP contribution in [0.1, 0.15) is 54.7 Å². The molecule has 2 atom stereocenters. The Bertz CT molecular complexity index is 771. The Morgan fingerprint density at radius 3 is 3.04 bits per heavy atom. The number of fused-ring (bicyclic) bond motifs is 1. The number of benzene rings is 1. The van der Waals surface area contributed by atoms with E-state index < -0.39 is 0 Å². The largest absolute Gasteiger partial charge is 0.507 e. The van der Waals surface area contributed by atoms with E-state index in [2.05, 4.69) is 17.0 Å². The number of likely N-dealkylation sites (tertiary alicyclic amines) is 1. The molecule has 0 amide bonds. The summed E-state index contributed by atoms with van der Waals surface area (Å²) in [6.07, 6.45) is 5.67. The minimum Gasteiger partial charge on any atom is -0.507 e. The second-order valence-electron chi connectivity index (χ2n) is 7.89. The number of aromatic hydroxyl groups is 1. The molecule has 140 valence electrons. The molecular formula is C21H28N2O3. The van der Waals surface area contributed by atoms with Crippen molar-refractivity contribution < 1.29 is 14.4 Å². The molecule has 1 aliphatic heterocycles. The lowest BCUT2D eigenvalue weighted by atomic mass is 9.84. The van der Waals surface area contributed by atoms with Crippen LogP contribution < -0.4 is 4.74 Å². The highest BCUT2D eigenvalue weighted by Gasteiger charge is 2.31. The van der Waals surface area contributed by atoms with E-state index in [-0.39, 0.29) is 0 Å². The van der Waals surface area contributed by atoms with Crippen molar-refractivity contribution in [3.05, 3.63) is 40.8 Å². The van der Waals surface area contributed by atoms with Gasteiger partial charge in [0.2, 0.25) is 0 Å². The average molecular weight is 356 g/mol. The summed E-state index contributed by atoms with van der Waals surface area (Å²) in [5.41, 5.74) is 3.51. The van der Waals surface area contributed by atoms with Crippen molar-refractivity contribution >= 4 is 0 Å². The zero-order valence-electron chi connectivity index (χ0n) is 15.7. The molecule has 0 radical (unpaired) electrons. The molecule has 1 N–H and O–H groups in total. The normalized spacial score (nSPS) is 23.6. The molecule has 5 nitrogen and oxygen atoms in total. The van der Waals surface area contributed by atoms with Crippen molar-refractivity contribution in [2.45, 2.75) is 51.5 Å². The summed E-state index contributed by atoms with van der Waals surface area (Å²) in [4.78, 5) is 2.41. The molecule has 0 unspecified atom stereocenters. The van der Waals surface area contributed by atoms with Gasteiger partial charge in [0.05, 0.1) is 12.8 Å². The lowest BCUT2D eigenvalue weighted by Crippen LogP contribution is -2.34. The van der Waals surface area contributed by atoms with Crippen molar-refractivity contribution in [1.29, 1.82) is 0 Å². The molecule has 1 aromatic heterocycles. The molecule has 2 aromatic rings. The minimum atomic E-state index is 0.303. The number of phenols is 1. The zero-order valence-corrected chi connectivity index (χ0v) is 15.7. The predicted octanol–water partition coefficient (Wildman–Crippen LogP) is 3.89. The van der Waals surface area contributed by atoms with Crippen LogP contribution in [-0.2, 0) is 19.4 Å². The van der Waals surface area contributed by atoms with E-state index in [4.69, 9.17) is 9.26 Å². The van der Waals surface area contributed by atoms with Crippen LogP contribution in [0.5, 0.6) is 11.5 Å². The number of hydrogen-bond donors (Lipinski definition) is 1. The molecule has 4 rings (SSSR count). The van der Waals surface area contributed by atoms with Crippen LogP contribution in [0.2, 0.25) is 0 Å². The number of piperidine rings is 1. The highest BCUT2D eigenvalue weighted by Crippen LogP contribution is 2.36. The van der Waals surface area contributed by atoms with Gasteiger partial charge in [-0.25, -0.2) is 0 Å². The maximum absolute atomic E-state index is 10.3. The summed E-state index contributed by atoms with van der Waals surface area (Å²) in [5, 5.41) is 14.6. The van der Waals surface area contributed by atoms with E-state index in [0.717, 1.165) is 62.6 Å². The third-order valence-electron chi connectivity index (χ3n) is 5.89. The Hall–Kier alpha value is -2.01. The molecule has 2 heterocycles. The van der Waals surface area contributed by atoms with Crippen LogP contribution in [0.15, 0.2) is 22.7 Å². The Morgan fingerprint density at radius 1 is 1.35 bits per heavy atom. The summed E-state index contributed by atoms with van der Waals surface area (Å²) >= 11 is 0. The molecular weight excluding hydrogens is 328 g/mol. The lowest BCUT2D eigenvalue weighted by Gasteiger charge is -2.32. The number of methoxy groups -OCH3 is 1. The van der Waals surface area contributed by atoms with Crippen LogP contribution in [0.25, 0.3) is 0 Å². The van der Waals surface area contributed by atoms with Crippen molar-refractivity contribution in [2.24, 2.45) is 5.92 Å². The van der Waals surface area contributed by atoms with E-state index >= 15 is 0 Å². The van der Waals surface area contributed by atoms with E-state index in [1.54, 1.807) is 13.2 Å². The van der Waals surface area contributed by atoms with Gasteiger partial charge in [0, 0.05) is 36.2 Å². The molecule has 26 heavy (non-hydrogen) atoms. The molecule has 0 saturated carbocycles. The van der Waals surface area contributed by atoms with Gasteiger partial charge in [-0.3, -0.25) is 4.90 Å². The maximum Gasteiger partial charge on any atom is 0.144 e. The SMILES string of the molecule is COc1ccc(CN2CCC[C@@H](c3onc4c3C[C@@H](C)CC4)C2)c(O)c1. The van der Waals surface area contributed by atoms with Gasteiger partial charge in [-0.1, -0.05) is 18.1 Å². The summed E-state index contributed by atoms with van der Waals surface area (Å²) in [6, 6.07) is 5.55. The van der Waals surface area contributed by atoms with Crippen LogP contribution in [-0.4, -0.2) is 35.4 Å². The number of ether oxygens (including phenoxy) is 1. The molecule has 1 aromatic carbocycles. The Morgan fingerprint density at radius 2 is 2.23 bits per heavy atom. The third-order valence-corrected chi connectivity index (χ3v) is 5.89. The average Bonchev–Trinajstić information content (AvgIpc) is 3.06. The fourth-order valence-corrected chi connectivity index (χ4v) is 4.38. The molecule has 1 fully saturated rings. The highest BCUT2D eigenvalue weighted by molar-refractivity contribution is 5.39. The van der Waals surface area contributed by atoms with Crippen LogP contribution in [0, 0.1) is 5.92 Å². The van der Waals surface area contributed by atoms with Gasteiger partial charge in [0.15, 0.2) is 0 Å². The van der Waals surface area contributed by atoms with E-state index in [9.17, 15) is 5.11 Å². The number of nitrogens with zero attached hydrogens (tertiary/aromatic N) is 2. The Balaban J connectivity index is 1.47. The zero-order chi connectivity index (χ0) is 18.1. The third kappa shape index (κ3) is 3.45. The van der Waals surface area contributed by atoms with Gasteiger partial charge in [-0.15, -0.1) is 0 Å². The highest BCUT2D eigenvalue weighted by atomic mass is 16.5. The van der Waals surface area contributed by atoms with Crippen molar-refractivity contribution in [3.63, 3.8) is 0 Å². The second-order valence-corrected chi connectivity index (χ2v) is 7.89. The molecule has 0 bridgehead atoms. The van der Waals surface area contributed by atoms with Crippen molar-refractivity contribution in [1.82, 2.24) is 10.1 Å². The second kappa shape index (κ2) is 7.31. The van der Waals surface area contributed by atoms with E-state index in [1.165, 1.54) is 17.7 Å². The number of aryl methyl sites for hydroxylation is 1. The summed E-state index contributed by atoms with van der Waals surface area (Å²) in [5.74, 6) is 3.24. The quantitative estimate of drug-likeness (QED) is 0.900. The number of hydrogen-bond acceptors (Lipinski definition) is 5. The minimum absolute atomic E-state index is 0.303. The lowest BCUT2D eigenvalue weighted by molar-refractivity contribution is 0.181. The molecule has 1 saturated heterocycles. The number of rotatable bonds is 4. The van der Waals surface area contributed by atoms with Gasteiger partial charge < -0.3 is 14.4 Å². The number of aromatic nitrogens is 1. The monoisotopic (exact) mass is 356 g/mol. The summed E-state index contributed by atoms with van der Waals surface area (Å²) < 4.78 is 11.0.